The van der Waals surface area contributed by atoms with E-state index in [1.807, 2.05) is 0 Å². The SMILES string of the molecule is CCN(CC(=O)NCCNC(C)=O)CC1CCNCC1. The Hall–Kier alpha value is -1.14. The van der Waals surface area contributed by atoms with E-state index in [0.29, 0.717) is 25.6 Å². The van der Waals surface area contributed by atoms with Gasteiger partial charge in [-0.25, -0.2) is 0 Å². The van der Waals surface area contributed by atoms with Crippen LogP contribution < -0.4 is 16.0 Å². The molecule has 0 aromatic carbocycles. The molecule has 3 N–H and O–H groups in total. The van der Waals surface area contributed by atoms with E-state index >= 15 is 0 Å². The molecule has 0 aromatic rings. The summed E-state index contributed by atoms with van der Waals surface area (Å²) in [6, 6.07) is 0. The fourth-order valence-electron chi connectivity index (χ4n) is 2.43. The van der Waals surface area contributed by atoms with Crippen LogP contribution in [0.2, 0.25) is 0 Å². The molecule has 6 nitrogen and oxygen atoms in total. The number of nitrogens with one attached hydrogen (secondary N) is 3. The van der Waals surface area contributed by atoms with Crippen molar-refractivity contribution in [3.05, 3.63) is 0 Å². The highest BCUT2D eigenvalue weighted by Crippen LogP contribution is 2.12. The Balaban J connectivity index is 2.17. The average Bonchev–Trinajstić information content (AvgIpc) is 2.44. The van der Waals surface area contributed by atoms with Crippen LogP contribution >= 0.6 is 0 Å². The second kappa shape index (κ2) is 9.72. The van der Waals surface area contributed by atoms with Crippen LogP contribution in [0.1, 0.15) is 26.7 Å². The highest BCUT2D eigenvalue weighted by molar-refractivity contribution is 5.78. The first-order chi connectivity index (χ1) is 9.61. The molecule has 1 saturated heterocycles. The molecule has 1 rings (SSSR count). The summed E-state index contributed by atoms with van der Waals surface area (Å²) in [5, 5.41) is 8.85. The van der Waals surface area contributed by atoms with E-state index in [0.717, 1.165) is 26.2 Å². The van der Waals surface area contributed by atoms with Gasteiger partial charge in [0.05, 0.1) is 6.54 Å². The lowest BCUT2D eigenvalue weighted by molar-refractivity contribution is -0.123. The van der Waals surface area contributed by atoms with Gasteiger partial charge in [0.15, 0.2) is 0 Å². The van der Waals surface area contributed by atoms with Crippen LogP contribution in [0.5, 0.6) is 0 Å². The summed E-state index contributed by atoms with van der Waals surface area (Å²) in [4.78, 5) is 24.7. The van der Waals surface area contributed by atoms with Gasteiger partial charge in [-0.15, -0.1) is 0 Å². The third-order valence-electron chi connectivity index (χ3n) is 3.61. The van der Waals surface area contributed by atoms with Crippen LogP contribution in [0.4, 0.5) is 0 Å². The molecular weight excluding hydrogens is 256 g/mol. The average molecular weight is 284 g/mol. The molecule has 1 fully saturated rings. The smallest absolute Gasteiger partial charge is 0.234 e. The third kappa shape index (κ3) is 7.45. The van der Waals surface area contributed by atoms with Gasteiger partial charge in [0.2, 0.25) is 11.8 Å². The lowest BCUT2D eigenvalue weighted by Gasteiger charge is -2.28. The van der Waals surface area contributed by atoms with Gasteiger partial charge in [0.1, 0.15) is 0 Å². The van der Waals surface area contributed by atoms with Crippen LogP contribution in [-0.2, 0) is 9.59 Å². The lowest BCUT2D eigenvalue weighted by Crippen LogP contribution is -2.43. The van der Waals surface area contributed by atoms with Crippen molar-refractivity contribution in [3.63, 3.8) is 0 Å². The van der Waals surface area contributed by atoms with Crippen molar-refractivity contribution in [3.8, 4) is 0 Å². The Bertz CT molecular complexity index is 304. The van der Waals surface area contributed by atoms with E-state index in [-0.39, 0.29) is 11.8 Å². The first kappa shape index (κ1) is 16.9. The third-order valence-corrected chi connectivity index (χ3v) is 3.61. The number of nitrogens with zero attached hydrogens (tertiary/aromatic N) is 1. The minimum absolute atomic E-state index is 0.0335. The fraction of sp³-hybridized carbons (Fsp3) is 0.857. The van der Waals surface area contributed by atoms with E-state index in [9.17, 15) is 9.59 Å². The molecule has 0 atom stereocenters. The first-order valence-electron chi connectivity index (χ1n) is 7.56. The number of piperidine rings is 1. The number of likely N-dealkylation sites (N-methyl/N-ethyl adjacent to an activating group) is 1. The van der Waals surface area contributed by atoms with Crippen LogP contribution in [0.25, 0.3) is 0 Å². The van der Waals surface area contributed by atoms with Crippen LogP contribution in [0, 0.1) is 5.92 Å². The summed E-state index contributed by atoms with van der Waals surface area (Å²) in [5.41, 5.74) is 0. The van der Waals surface area contributed by atoms with Gasteiger partial charge >= 0.3 is 0 Å². The fourth-order valence-corrected chi connectivity index (χ4v) is 2.43. The zero-order valence-corrected chi connectivity index (χ0v) is 12.7. The molecule has 0 unspecified atom stereocenters. The van der Waals surface area contributed by atoms with E-state index in [2.05, 4.69) is 27.8 Å². The molecule has 0 saturated carbocycles. The highest BCUT2D eigenvalue weighted by Gasteiger charge is 2.17. The second-order valence-corrected chi connectivity index (χ2v) is 5.35. The molecule has 0 spiro atoms. The van der Waals surface area contributed by atoms with Crippen molar-refractivity contribution in [2.75, 3.05) is 45.8 Å². The molecule has 1 aliphatic heterocycles. The zero-order chi connectivity index (χ0) is 14.8. The van der Waals surface area contributed by atoms with Crippen LogP contribution in [-0.4, -0.2) is 62.5 Å². The van der Waals surface area contributed by atoms with Gasteiger partial charge in [0.25, 0.3) is 0 Å². The Labute approximate surface area is 121 Å². The summed E-state index contributed by atoms with van der Waals surface area (Å²) in [7, 11) is 0. The minimum atomic E-state index is -0.0691. The first-order valence-corrected chi connectivity index (χ1v) is 7.56. The normalized spacial score (nSPS) is 16.1. The van der Waals surface area contributed by atoms with Crippen molar-refractivity contribution in [2.24, 2.45) is 5.92 Å². The summed E-state index contributed by atoms with van der Waals surface area (Å²) < 4.78 is 0. The van der Waals surface area contributed by atoms with Gasteiger partial charge in [-0.3, -0.25) is 14.5 Å². The van der Waals surface area contributed by atoms with Crippen molar-refractivity contribution in [1.82, 2.24) is 20.9 Å². The quantitative estimate of drug-likeness (QED) is 0.528. The Kier molecular flexibility index (Phi) is 8.22. The monoisotopic (exact) mass is 284 g/mol. The number of carbonyl (C=O) groups excluding carboxylic acids is 2. The summed E-state index contributed by atoms with van der Waals surface area (Å²) in [6.45, 7) is 9.05. The summed E-state index contributed by atoms with van der Waals surface area (Å²) >= 11 is 0. The molecule has 0 aliphatic carbocycles. The van der Waals surface area contributed by atoms with Gasteiger partial charge in [-0.2, -0.15) is 0 Å². The van der Waals surface area contributed by atoms with Crippen molar-refractivity contribution < 1.29 is 9.59 Å². The summed E-state index contributed by atoms with van der Waals surface area (Å²) in [6.07, 6.45) is 2.39. The standard InChI is InChI=1S/C14H28N4O2/c1-3-18(10-13-4-6-15-7-5-13)11-14(20)17-9-8-16-12(2)19/h13,15H,3-11H2,1-2H3,(H,16,19)(H,17,20). The predicted molar refractivity (Wildman–Crippen MR) is 79.4 cm³/mol. The maximum absolute atomic E-state index is 11.8. The highest BCUT2D eigenvalue weighted by atomic mass is 16.2. The molecule has 116 valence electrons. The largest absolute Gasteiger partial charge is 0.355 e. The van der Waals surface area contributed by atoms with Gasteiger partial charge in [0, 0.05) is 26.6 Å². The second-order valence-electron chi connectivity index (χ2n) is 5.35. The lowest BCUT2D eigenvalue weighted by atomic mass is 9.97. The maximum Gasteiger partial charge on any atom is 0.234 e. The molecule has 0 bridgehead atoms. The van der Waals surface area contributed by atoms with Crippen molar-refractivity contribution in [2.45, 2.75) is 26.7 Å². The molecule has 0 aromatic heterocycles. The molecule has 6 heteroatoms. The van der Waals surface area contributed by atoms with Crippen molar-refractivity contribution in [1.29, 1.82) is 0 Å². The molecule has 1 aliphatic rings. The predicted octanol–water partition coefficient (Wildman–Crippen LogP) is -0.440. The van der Waals surface area contributed by atoms with E-state index in [1.54, 1.807) is 0 Å². The van der Waals surface area contributed by atoms with Crippen LogP contribution in [0.15, 0.2) is 0 Å². The Morgan fingerprint density at radius 1 is 1.20 bits per heavy atom. The van der Waals surface area contributed by atoms with E-state index in [4.69, 9.17) is 0 Å². The molecule has 20 heavy (non-hydrogen) atoms. The molecule has 2 amide bonds. The molecule has 1 heterocycles. The number of hydrogen-bond acceptors (Lipinski definition) is 4. The number of hydrogen-bond donors (Lipinski definition) is 3. The van der Waals surface area contributed by atoms with Gasteiger partial charge in [-0.1, -0.05) is 6.92 Å². The van der Waals surface area contributed by atoms with E-state index < -0.39 is 0 Å². The zero-order valence-electron chi connectivity index (χ0n) is 12.7. The minimum Gasteiger partial charge on any atom is -0.355 e. The topological polar surface area (TPSA) is 73.5 Å². The van der Waals surface area contributed by atoms with Gasteiger partial charge in [-0.05, 0) is 38.4 Å². The molecular formula is C14H28N4O2. The summed E-state index contributed by atoms with van der Waals surface area (Å²) in [5.74, 6) is 0.662. The van der Waals surface area contributed by atoms with E-state index in [1.165, 1.54) is 19.8 Å². The van der Waals surface area contributed by atoms with Crippen LogP contribution in [0.3, 0.4) is 0 Å². The van der Waals surface area contributed by atoms with Crippen molar-refractivity contribution >= 4 is 11.8 Å². The maximum atomic E-state index is 11.8. The van der Waals surface area contributed by atoms with Gasteiger partial charge < -0.3 is 16.0 Å². The number of rotatable bonds is 8. The molecule has 0 radical (unpaired) electrons. The Morgan fingerprint density at radius 3 is 2.45 bits per heavy atom. The number of amides is 2. The number of carbonyl (C=O) groups is 2. The Morgan fingerprint density at radius 2 is 1.85 bits per heavy atom.